The third-order valence-corrected chi connectivity index (χ3v) is 2.14. The first kappa shape index (κ1) is 10.7. The zero-order valence-corrected chi connectivity index (χ0v) is 10.3. The summed E-state index contributed by atoms with van der Waals surface area (Å²) in [6.45, 7) is 3.73. The molecule has 0 aliphatic rings. The molecule has 0 fully saturated rings. The topological polar surface area (TPSA) is 0 Å². The molecule has 0 aliphatic heterocycles. The van der Waals surface area contributed by atoms with Crippen LogP contribution in [0.3, 0.4) is 0 Å². The smallest absolute Gasteiger partial charge is 0.0610 e. The molecular formula is C11H10Br2. The third kappa shape index (κ3) is 3.49. The van der Waals surface area contributed by atoms with Crippen LogP contribution in [0.15, 0.2) is 40.3 Å². The summed E-state index contributed by atoms with van der Waals surface area (Å²) in [5, 5.41) is 0. The first-order valence-corrected chi connectivity index (χ1v) is 5.54. The Morgan fingerprint density at radius 2 is 2.00 bits per heavy atom. The highest BCUT2D eigenvalue weighted by Crippen LogP contribution is 2.20. The Labute approximate surface area is 95.6 Å². The van der Waals surface area contributed by atoms with E-state index in [0.29, 0.717) is 0 Å². The van der Waals surface area contributed by atoms with Gasteiger partial charge in [-0.25, -0.2) is 0 Å². The van der Waals surface area contributed by atoms with Crippen molar-refractivity contribution in [2.45, 2.75) is 6.42 Å². The summed E-state index contributed by atoms with van der Waals surface area (Å²) in [6.07, 6.45) is 4.85. The zero-order valence-electron chi connectivity index (χ0n) is 7.13. The monoisotopic (exact) mass is 300 g/mol. The number of rotatable bonds is 3. The van der Waals surface area contributed by atoms with Gasteiger partial charge in [-0.15, -0.1) is 6.58 Å². The van der Waals surface area contributed by atoms with Crippen LogP contribution in [-0.2, 0) is 6.42 Å². The molecule has 0 bridgehead atoms. The van der Waals surface area contributed by atoms with Crippen molar-refractivity contribution in [2.24, 2.45) is 0 Å². The Morgan fingerprint density at radius 1 is 1.31 bits per heavy atom. The normalized spacial score (nSPS) is 9.38. The van der Waals surface area contributed by atoms with E-state index in [1.54, 1.807) is 0 Å². The quantitative estimate of drug-likeness (QED) is 0.721. The lowest BCUT2D eigenvalue weighted by atomic mass is 10.1. The van der Waals surface area contributed by atoms with Crippen molar-refractivity contribution in [3.05, 3.63) is 51.4 Å². The van der Waals surface area contributed by atoms with Crippen molar-refractivity contribution in [2.75, 3.05) is 0 Å². The van der Waals surface area contributed by atoms with Gasteiger partial charge in [0, 0.05) is 0 Å². The van der Waals surface area contributed by atoms with E-state index >= 15 is 0 Å². The van der Waals surface area contributed by atoms with E-state index in [2.05, 4.69) is 50.6 Å². The van der Waals surface area contributed by atoms with Crippen LogP contribution in [0, 0.1) is 0 Å². The Bertz CT molecular complexity index is 323. The molecule has 0 N–H and O–H groups in total. The third-order valence-electron chi connectivity index (χ3n) is 1.68. The van der Waals surface area contributed by atoms with Crippen LogP contribution >= 0.6 is 31.9 Å². The van der Waals surface area contributed by atoms with Crippen molar-refractivity contribution in [1.29, 1.82) is 0 Å². The van der Waals surface area contributed by atoms with Crippen LogP contribution in [0.2, 0.25) is 0 Å². The van der Waals surface area contributed by atoms with E-state index in [1.165, 1.54) is 11.1 Å². The molecule has 0 saturated heterocycles. The number of halogens is 2. The van der Waals surface area contributed by atoms with Gasteiger partial charge in [-0.05, 0) is 55.5 Å². The first-order valence-electron chi connectivity index (χ1n) is 3.95. The van der Waals surface area contributed by atoms with Crippen molar-refractivity contribution < 1.29 is 0 Å². The van der Waals surface area contributed by atoms with Crippen LogP contribution < -0.4 is 0 Å². The van der Waals surface area contributed by atoms with Crippen LogP contribution in [0.1, 0.15) is 11.1 Å². The largest absolute Gasteiger partial charge is 0.103 e. The van der Waals surface area contributed by atoms with E-state index in [-0.39, 0.29) is 0 Å². The highest BCUT2D eigenvalue weighted by atomic mass is 79.9. The average Bonchev–Trinajstić information content (AvgIpc) is 2.08. The fraction of sp³-hybridized carbons (Fsp3) is 0.0909. The number of hydrogen-bond donors (Lipinski definition) is 0. The van der Waals surface area contributed by atoms with Crippen LogP contribution in [0.25, 0.3) is 6.08 Å². The van der Waals surface area contributed by atoms with E-state index in [1.807, 2.05) is 24.3 Å². The SMILES string of the molecule is C=CCc1ccccc1C=C(Br)Br. The molecule has 0 unspecified atom stereocenters. The van der Waals surface area contributed by atoms with Crippen LogP contribution in [0.5, 0.6) is 0 Å². The minimum Gasteiger partial charge on any atom is -0.103 e. The Kier molecular flexibility index (Phi) is 4.46. The van der Waals surface area contributed by atoms with Gasteiger partial charge in [-0.1, -0.05) is 30.3 Å². The second kappa shape index (κ2) is 5.40. The molecule has 68 valence electrons. The molecule has 0 aromatic heterocycles. The molecular weight excluding hydrogens is 292 g/mol. The van der Waals surface area contributed by atoms with Gasteiger partial charge in [0.05, 0.1) is 3.39 Å². The van der Waals surface area contributed by atoms with Crippen molar-refractivity contribution >= 4 is 37.9 Å². The molecule has 0 heterocycles. The number of benzene rings is 1. The van der Waals surface area contributed by atoms with Crippen molar-refractivity contribution in [3.8, 4) is 0 Å². The van der Waals surface area contributed by atoms with E-state index in [0.717, 1.165) is 9.81 Å². The Morgan fingerprint density at radius 3 is 2.62 bits per heavy atom. The first-order chi connectivity index (χ1) is 6.24. The molecule has 0 radical (unpaired) electrons. The lowest BCUT2D eigenvalue weighted by molar-refractivity contribution is 1.26. The highest BCUT2D eigenvalue weighted by molar-refractivity contribution is 9.28. The predicted octanol–water partition coefficient (Wildman–Crippen LogP) is 4.50. The summed E-state index contributed by atoms with van der Waals surface area (Å²) in [5.74, 6) is 0. The summed E-state index contributed by atoms with van der Waals surface area (Å²) < 4.78 is 0.955. The fourth-order valence-corrected chi connectivity index (χ4v) is 1.63. The lowest BCUT2D eigenvalue weighted by Crippen LogP contribution is -1.85. The summed E-state index contributed by atoms with van der Waals surface area (Å²) in [6, 6.07) is 8.26. The summed E-state index contributed by atoms with van der Waals surface area (Å²) in [5.41, 5.74) is 2.50. The minimum absolute atomic E-state index is 0.903. The molecule has 0 aliphatic carbocycles. The summed E-state index contributed by atoms with van der Waals surface area (Å²) in [7, 11) is 0. The molecule has 2 heteroatoms. The molecule has 13 heavy (non-hydrogen) atoms. The minimum atomic E-state index is 0.903. The second-order valence-corrected chi connectivity index (χ2v) is 5.40. The average molecular weight is 302 g/mol. The Balaban J connectivity index is 3.04. The highest BCUT2D eigenvalue weighted by Gasteiger charge is 1.96. The van der Waals surface area contributed by atoms with Crippen LogP contribution in [0.4, 0.5) is 0 Å². The maximum absolute atomic E-state index is 3.73. The molecule has 0 saturated carbocycles. The molecule has 1 aromatic rings. The number of hydrogen-bond acceptors (Lipinski definition) is 0. The van der Waals surface area contributed by atoms with Gasteiger partial charge in [0.25, 0.3) is 0 Å². The zero-order chi connectivity index (χ0) is 9.68. The van der Waals surface area contributed by atoms with E-state index in [4.69, 9.17) is 0 Å². The molecule has 0 atom stereocenters. The maximum Gasteiger partial charge on any atom is 0.0610 e. The molecule has 0 amide bonds. The van der Waals surface area contributed by atoms with Gasteiger partial charge in [-0.2, -0.15) is 0 Å². The second-order valence-electron chi connectivity index (χ2n) is 2.63. The van der Waals surface area contributed by atoms with Gasteiger partial charge in [-0.3, -0.25) is 0 Å². The van der Waals surface area contributed by atoms with Gasteiger partial charge in [0.1, 0.15) is 0 Å². The van der Waals surface area contributed by atoms with Gasteiger partial charge in [0.2, 0.25) is 0 Å². The maximum atomic E-state index is 3.73. The fourth-order valence-electron chi connectivity index (χ4n) is 1.13. The molecule has 0 nitrogen and oxygen atoms in total. The van der Waals surface area contributed by atoms with Gasteiger partial charge >= 0.3 is 0 Å². The van der Waals surface area contributed by atoms with Crippen molar-refractivity contribution in [3.63, 3.8) is 0 Å². The summed E-state index contributed by atoms with van der Waals surface area (Å²) >= 11 is 6.70. The molecule has 1 aromatic carbocycles. The van der Waals surface area contributed by atoms with E-state index < -0.39 is 0 Å². The van der Waals surface area contributed by atoms with E-state index in [9.17, 15) is 0 Å². The van der Waals surface area contributed by atoms with Gasteiger partial charge in [0.15, 0.2) is 0 Å². The molecule has 0 spiro atoms. The van der Waals surface area contributed by atoms with Crippen LogP contribution in [-0.4, -0.2) is 0 Å². The van der Waals surface area contributed by atoms with Gasteiger partial charge < -0.3 is 0 Å². The Hall–Kier alpha value is -0.340. The van der Waals surface area contributed by atoms with Crippen molar-refractivity contribution in [1.82, 2.24) is 0 Å². The number of allylic oxidation sites excluding steroid dienone is 1. The summed E-state index contributed by atoms with van der Waals surface area (Å²) in [4.78, 5) is 0. The lowest BCUT2D eigenvalue weighted by Gasteiger charge is -2.02. The molecule has 1 rings (SSSR count). The standard InChI is InChI=1S/C11H10Br2/c1-2-5-9-6-3-4-7-10(9)8-11(12)13/h2-4,6-8H,1,5H2. The predicted molar refractivity (Wildman–Crippen MR) is 66.2 cm³/mol.